The maximum absolute atomic E-state index is 11.4. The molecule has 0 amide bonds. The highest BCUT2D eigenvalue weighted by Gasteiger charge is 2.25. The monoisotopic (exact) mass is 302 g/mol. The van der Waals surface area contributed by atoms with Crippen molar-refractivity contribution in [2.45, 2.75) is 38.0 Å². The minimum absolute atomic E-state index is 0.111. The topological polar surface area (TPSA) is 23.6 Å². The molecule has 0 bridgehead atoms. The molecule has 1 saturated heterocycles. The average molecular weight is 302 g/mol. The van der Waals surface area contributed by atoms with Gasteiger partial charge < -0.3 is 9.80 Å². The van der Waals surface area contributed by atoms with Gasteiger partial charge in [0.15, 0.2) is 5.78 Å². The minimum Gasteiger partial charge on any atom is -0.371 e. The number of benzene rings is 1. The fourth-order valence-corrected chi connectivity index (χ4v) is 4.24. The third-order valence-electron chi connectivity index (χ3n) is 4.08. The van der Waals surface area contributed by atoms with E-state index in [-0.39, 0.29) is 5.78 Å². The SMILES string of the molecule is CCN1C(=CC(C)=O)Sc2ccc(N3CCCCC3)cc21. The number of piperidine rings is 1. The van der Waals surface area contributed by atoms with Gasteiger partial charge in [-0.2, -0.15) is 0 Å². The molecule has 0 spiro atoms. The summed E-state index contributed by atoms with van der Waals surface area (Å²) in [5, 5.41) is 1.05. The third-order valence-corrected chi connectivity index (χ3v) is 5.19. The summed E-state index contributed by atoms with van der Waals surface area (Å²) in [6.45, 7) is 6.96. The van der Waals surface area contributed by atoms with Crippen molar-refractivity contribution in [3.63, 3.8) is 0 Å². The van der Waals surface area contributed by atoms with E-state index in [2.05, 4.69) is 34.9 Å². The quantitative estimate of drug-likeness (QED) is 0.786. The van der Waals surface area contributed by atoms with Gasteiger partial charge in [-0.15, -0.1) is 0 Å². The summed E-state index contributed by atoms with van der Waals surface area (Å²) in [6.07, 6.45) is 5.68. The van der Waals surface area contributed by atoms with E-state index in [1.54, 1.807) is 24.8 Å². The van der Waals surface area contributed by atoms with Crippen LogP contribution >= 0.6 is 11.8 Å². The van der Waals surface area contributed by atoms with Crippen LogP contribution in [-0.2, 0) is 4.79 Å². The molecule has 21 heavy (non-hydrogen) atoms. The zero-order valence-corrected chi connectivity index (χ0v) is 13.6. The lowest BCUT2D eigenvalue weighted by Crippen LogP contribution is -2.29. The Kier molecular flexibility index (Phi) is 4.24. The van der Waals surface area contributed by atoms with Gasteiger partial charge in [-0.05, 0) is 51.3 Å². The number of fused-ring (bicyclic) bond motifs is 1. The molecule has 0 radical (unpaired) electrons. The molecule has 2 heterocycles. The molecule has 1 fully saturated rings. The molecule has 0 atom stereocenters. The normalized spacial score (nSPS) is 20.0. The highest BCUT2D eigenvalue weighted by Crippen LogP contribution is 2.47. The first kappa shape index (κ1) is 14.5. The van der Waals surface area contributed by atoms with Crippen molar-refractivity contribution in [3.05, 3.63) is 29.3 Å². The maximum atomic E-state index is 11.4. The van der Waals surface area contributed by atoms with Crippen LogP contribution in [0.1, 0.15) is 33.1 Å². The maximum Gasteiger partial charge on any atom is 0.155 e. The summed E-state index contributed by atoms with van der Waals surface area (Å²) in [7, 11) is 0. The van der Waals surface area contributed by atoms with Gasteiger partial charge >= 0.3 is 0 Å². The van der Waals surface area contributed by atoms with E-state index in [1.807, 2.05) is 0 Å². The lowest BCUT2D eigenvalue weighted by molar-refractivity contribution is -0.112. The Morgan fingerprint density at radius 2 is 2.05 bits per heavy atom. The van der Waals surface area contributed by atoms with Gasteiger partial charge in [-0.3, -0.25) is 4.79 Å². The van der Waals surface area contributed by atoms with Crippen LogP contribution in [0.4, 0.5) is 11.4 Å². The molecule has 1 aromatic carbocycles. The van der Waals surface area contributed by atoms with Crippen molar-refractivity contribution in [1.82, 2.24) is 0 Å². The van der Waals surface area contributed by atoms with Crippen molar-refractivity contribution in [2.75, 3.05) is 29.4 Å². The first-order valence-corrected chi connectivity index (χ1v) is 8.57. The summed E-state index contributed by atoms with van der Waals surface area (Å²) in [4.78, 5) is 17.4. The molecule has 0 aromatic heterocycles. The average Bonchev–Trinajstić information content (AvgIpc) is 2.83. The van der Waals surface area contributed by atoms with E-state index in [4.69, 9.17) is 0 Å². The summed E-state index contributed by atoms with van der Waals surface area (Å²) < 4.78 is 0. The van der Waals surface area contributed by atoms with E-state index < -0.39 is 0 Å². The Balaban J connectivity index is 1.91. The van der Waals surface area contributed by atoms with Crippen LogP contribution in [0.15, 0.2) is 34.2 Å². The van der Waals surface area contributed by atoms with Crippen LogP contribution in [0.25, 0.3) is 0 Å². The first-order valence-electron chi connectivity index (χ1n) is 7.75. The molecule has 1 aromatic rings. The zero-order chi connectivity index (χ0) is 14.8. The molecule has 3 rings (SSSR count). The van der Waals surface area contributed by atoms with E-state index >= 15 is 0 Å². The number of carbonyl (C=O) groups is 1. The zero-order valence-electron chi connectivity index (χ0n) is 12.8. The Hall–Kier alpha value is -1.42. The summed E-state index contributed by atoms with van der Waals surface area (Å²) in [5.74, 6) is 0.111. The van der Waals surface area contributed by atoms with Crippen LogP contribution in [0, 0.1) is 0 Å². The lowest BCUT2D eigenvalue weighted by atomic mass is 10.1. The standard InChI is InChI=1S/C17H22N2OS/c1-3-19-15-12-14(18-9-5-4-6-10-18)7-8-16(15)21-17(19)11-13(2)20/h7-8,11-12H,3-6,9-10H2,1-2H3. The second-order valence-corrected chi connectivity index (χ2v) is 6.70. The Bertz CT molecular complexity index is 576. The van der Waals surface area contributed by atoms with E-state index in [9.17, 15) is 4.79 Å². The first-order chi connectivity index (χ1) is 10.2. The minimum atomic E-state index is 0.111. The number of thioether (sulfide) groups is 1. The van der Waals surface area contributed by atoms with Crippen molar-refractivity contribution in [3.8, 4) is 0 Å². The van der Waals surface area contributed by atoms with Gasteiger partial charge in [0.2, 0.25) is 0 Å². The van der Waals surface area contributed by atoms with E-state index in [0.717, 1.165) is 24.7 Å². The van der Waals surface area contributed by atoms with Crippen LogP contribution < -0.4 is 9.80 Å². The number of anilines is 2. The molecule has 0 N–H and O–H groups in total. The highest BCUT2D eigenvalue weighted by atomic mass is 32.2. The molecular formula is C17H22N2OS. The Labute approximate surface area is 131 Å². The van der Waals surface area contributed by atoms with Gasteiger partial charge in [-0.25, -0.2) is 0 Å². The number of hydrogen-bond acceptors (Lipinski definition) is 4. The molecule has 112 valence electrons. The second-order valence-electron chi connectivity index (χ2n) is 5.64. The van der Waals surface area contributed by atoms with Crippen molar-refractivity contribution >= 4 is 28.9 Å². The van der Waals surface area contributed by atoms with Gasteiger partial charge in [0, 0.05) is 36.3 Å². The predicted molar refractivity (Wildman–Crippen MR) is 90.1 cm³/mol. The Morgan fingerprint density at radius 1 is 1.29 bits per heavy atom. The number of hydrogen-bond donors (Lipinski definition) is 0. The molecular weight excluding hydrogens is 280 g/mol. The van der Waals surface area contributed by atoms with Gasteiger partial charge in [0.25, 0.3) is 0 Å². The van der Waals surface area contributed by atoms with Crippen LogP contribution in [0.5, 0.6) is 0 Å². The summed E-state index contributed by atoms with van der Waals surface area (Å²) in [5.41, 5.74) is 2.56. The molecule has 0 unspecified atom stereocenters. The van der Waals surface area contributed by atoms with Crippen molar-refractivity contribution < 1.29 is 4.79 Å². The predicted octanol–water partition coefficient (Wildman–Crippen LogP) is 4.04. The number of nitrogens with zero attached hydrogens (tertiary/aromatic N) is 2. The van der Waals surface area contributed by atoms with Crippen molar-refractivity contribution in [2.24, 2.45) is 0 Å². The number of rotatable bonds is 3. The highest BCUT2D eigenvalue weighted by molar-refractivity contribution is 8.03. The lowest BCUT2D eigenvalue weighted by Gasteiger charge is -2.29. The Morgan fingerprint density at radius 3 is 2.71 bits per heavy atom. The molecule has 4 heteroatoms. The van der Waals surface area contributed by atoms with Crippen LogP contribution in [0.2, 0.25) is 0 Å². The number of ketones is 1. The van der Waals surface area contributed by atoms with Gasteiger partial charge in [0.05, 0.1) is 10.7 Å². The largest absolute Gasteiger partial charge is 0.371 e. The molecule has 2 aliphatic rings. The molecule has 0 saturated carbocycles. The molecule has 3 nitrogen and oxygen atoms in total. The number of carbonyl (C=O) groups excluding carboxylic acids is 1. The number of allylic oxidation sites excluding steroid dienone is 1. The third kappa shape index (κ3) is 2.95. The van der Waals surface area contributed by atoms with Gasteiger partial charge in [0.1, 0.15) is 0 Å². The van der Waals surface area contributed by atoms with Crippen LogP contribution in [-0.4, -0.2) is 25.4 Å². The fourth-order valence-electron chi connectivity index (χ4n) is 3.05. The van der Waals surface area contributed by atoms with E-state index in [1.165, 1.54) is 35.5 Å². The summed E-state index contributed by atoms with van der Waals surface area (Å²) >= 11 is 1.70. The summed E-state index contributed by atoms with van der Waals surface area (Å²) in [6, 6.07) is 6.72. The second kappa shape index (κ2) is 6.14. The fraction of sp³-hybridized carbons (Fsp3) is 0.471. The van der Waals surface area contributed by atoms with Gasteiger partial charge in [-0.1, -0.05) is 11.8 Å². The van der Waals surface area contributed by atoms with Crippen LogP contribution in [0.3, 0.4) is 0 Å². The van der Waals surface area contributed by atoms with E-state index in [0.29, 0.717) is 0 Å². The smallest absolute Gasteiger partial charge is 0.155 e. The van der Waals surface area contributed by atoms with Crippen molar-refractivity contribution in [1.29, 1.82) is 0 Å². The molecule has 0 aliphatic carbocycles. The molecule has 2 aliphatic heterocycles.